The minimum atomic E-state index is -4.43. The van der Waals surface area contributed by atoms with Crippen molar-refractivity contribution in [2.75, 3.05) is 25.4 Å². The Balaban J connectivity index is 1.44. The molecular formula is C22H20ClF3N2O2S. The quantitative estimate of drug-likeness (QED) is 0.609. The Bertz CT molecular complexity index is 972. The lowest BCUT2D eigenvalue weighted by Crippen LogP contribution is -2.53. The van der Waals surface area contributed by atoms with E-state index in [1.54, 1.807) is 40.9 Å². The molecular weight excluding hydrogens is 449 g/mol. The predicted molar refractivity (Wildman–Crippen MR) is 114 cm³/mol. The van der Waals surface area contributed by atoms with E-state index in [1.807, 2.05) is 4.90 Å². The summed E-state index contributed by atoms with van der Waals surface area (Å²) < 4.78 is 38.3. The van der Waals surface area contributed by atoms with Crippen molar-refractivity contribution in [3.05, 3.63) is 70.2 Å². The summed E-state index contributed by atoms with van der Waals surface area (Å²) in [6, 6.07) is 11.1. The SMILES string of the molecule is O=C(c1ccc(C(F)(F)F)cc1)N1CCC2(CC1)SCCN2C(=O)c1ccc(Cl)cc1. The molecule has 2 heterocycles. The molecule has 0 bridgehead atoms. The van der Waals surface area contributed by atoms with Gasteiger partial charge in [-0.2, -0.15) is 13.2 Å². The summed E-state index contributed by atoms with van der Waals surface area (Å²) in [6.45, 7) is 1.52. The van der Waals surface area contributed by atoms with E-state index >= 15 is 0 Å². The summed E-state index contributed by atoms with van der Waals surface area (Å²) in [6.07, 6.45) is -3.20. The Morgan fingerprint density at radius 3 is 2.00 bits per heavy atom. The number of thioether (sulfide) groups is 1. The van der Waals surface area contributed by atoms with Crippen LogP contribution in [0.25, 0.3) is 0 Å². The molecule has 2 aromatic rings. The first-order valence-electron chi connectivity index (χ1n) is 9.88. The molecule has 0 aromatic heterocycles. The van der Waals surface area contributed by atoms with E-state index in [2.05, 4.69) is 0 Å². The first kappa shape index (κ1) is 22.0. The third-order valence-corrected chi connectivity index (χ3v) is 7.61. The van der Waals surface area contributed by atoms with E-state index < -0.39 is 11.7 Å². The molecule has 2 aromatic carbocycles. The van der Waals surface area contributed by atoms with Crippen LogP contribution in [0.1, 0.15) is 39.1 Å². The Hall–Kier alpha value is -2.19. The molecule has 0 atom stereocenters. The molecule has 0 N–H and O–H groups in total. The maximum atomic E-state index is 13.1. The molecule has 4 rings (SSSR count). The normalized spacial score (nSPS) is 18.5. The van der Waals surface area contributed by atoms with Crippen molar-refractivity contribution in [3.63, 3.8) is 0 Å². The van der Waals surface area contributed by atoms with E-state index in [4.69, 9.17) is 11.6 Å². The molecule has 31 heavy (non-hydrogen) atoms. The third-order valence-electron chi connectivity index (χ3n) is 5.80. The predicted octanol–water partition coefficient (Wildman–Crippen LogP) is 5.18. The molecule has 0 saturated carbocycles. The van der Waals surface area contributed by atoms with E-state index in [9.17, 15) is 22.8 Å². The van der Waals surface area contributed by atoms with E-state index in [-0.39, 0.29) is 22.2 Å². The smallest absolute Gasteiger partial charge is 0.338 e. The molecule has 0 aliphatic carbocycles. The standard InChI is InChI=1S/C22H20ClF3N2O2S/c23-18-7-3-16(4-8-18)20(30)28-13-14-31-21(28)9-11-27(12-10-21)19(29)15-1-5-17(6-2-15)22(24,25)26/h1-8H,9-14H2. The zero-order valence-corrected chi connectivity index (χ0v) is 18.1. The first-order valence-corrected chi connectivity index (χ1v) is 11.2. The van der Waals surface area contributed by atoms with Crippen LogP contribution >= 0.6 is 23.4 Å². The van der Waals surface area contributed by atoms with E-state index in [0.29, 0.717) is 43.1 Å². The van der Waals surface area contributed by atoms with Gasteiger partial charge >= 0.3 is 6.18 Å². The molecule has 2 aliphatic rings. The first-order chi connectivity index (χ1) is 14.7. The maximum absolute atomic E-state index is 13.1. The van der Waals surface area contributed by atoms with Crippen molar-refractivity contribution in [1.82, 2.24) is 9.80 Å². The van der Waals surface area contributed by atoms with Crippen LogP contribution in [0.5, 0.6) is 0 Å². The Kier molecular flexibility index (Phi) is 5.96. The average molecular weight is 469 g/mol. The van der Waals surface area contributed by atoms with Gasteiger partial charge in [-0.1, -0.05) is 11.6 Å². The number of alkyl halides is 3. The zero-order valence-electron chi connectivity index (χ0n) is 16.5. The van der Waals surface area contributed by atoms with Crippen LogP contribution in [0, 0.1) is 0 Å². The summed E-state index contributed by atoms with van der Waals surface area (Å²) in [5.41, 5.74) is 0.0343. The van der Waals surface area contributed by atoms with Crippen LogP contribution in [-0.2, 0) is 6.18 Å². The number of halogens is 4. The monoisotopic (exact) mass is 468 g/mol. The van der Waals surface area contributed by atoms with Crippen molar-refractivity contribution in [2.45, 2.75) is 23.9 Å². The summed E-state index contributed by atoms with van der Waals surface area (Å²) in [5.74, 6) is 0.484. The highest BCUT2D eigenvalue weighted by atomic mass is 35.5. The molecule has 2 saturated heterocycles. The van der Waals surface area contributed by atoms with E-state index in [0.717, 1.165) is 17.9 Å². The van der Waals surface area contributed by atoms with Crippen molar-refractivity contribution in [1.29, 1.82) is 0 Å². The Morgan fingerprint density at radius 1 is 0.871 bits per heavy atom. The number of nitrogens with zero attached hydrogens (tertiary/aromatic N) is 2. The third kappa shape index (κ3) is 4.41. The van der Waals surface area contributed by atoms with Gasteiger partial charge in [0.05, 0.1) is 10.4 Å². The highest BCUT2D eigenvalue weighted by Crippen LogP contribution is 2.44. The number of rotatable bonds is 2. The number of benzene rings is 2. The molecule has 2 aliphatic heterocycles. The van der Waals surface area contributed by atoms with Crippen LogP contribution in [0.4, 0.5) is 13.2 Å². The number of piperidine rings is 1. The van der Waals surface area contributed by atoms with Crippen LogP contribution < -0.4 is 0 Å². The maximum Gasteiger partial charge on any atom is 0.416 e. The second kappa shape index (κ2) is 8.39. The minimum Gasteiger partial charge on any atom is -0.338 e. The topological polar surface area (TPSA) is 40.6 Å². The molecule has 9 heteroatoms. The molecule has 0 unspecified atom stereocenters. The van der Waals surface area contributed by atoms with Gasteiger partial charge in [0.1, 0.15) is 0 Å². The van der Waals surface area contributed by atoms with Gasteiger partial charge in [0.2, 0.25) is 0 Å². The van der Waals surface area contributed by atoms with Crippen molar-refractivity contribution in [3.8, 4) is 0 Å². The minimum absolute atomic E-state index is 0.0517. The van der Waals surface area contributed by atoms with Gasteiger partial charge in [0.15, 0.2) is 0 Å². The average Bonchev–Trinajstić information content (AvgIpc) is 3.16. The van der Waals surface area contributed by atoms with Crippen molar-refractivity contribution >= 4 is 35.2 Å². The second-order valence-corrected chi connectivity index (χ2v) is 9.52. The van der Waals surface area contributed by atoms with Crippen LogP contribution in [-0.4, -0.2) is 51.9 Å². The second-order valence-electron chi connectivity index (χ2n) is 7.63. The molecule has 2 amide bonds. The molecule has 0 radical (unpaired) electrons. The lowest BCUT2D eigenvalue weighted by atomic mass is 10.00. The largest absolute Gasteiger partial charge is 0.416 e. The number of amides is 2. The van der Waals surface area contributed by atoms with Gasteiger partial charge in [-0.05, 0) is 61.4 Å². The fraction of sp³-hybridized carbons (Fsp3) is 0.364. The zero-order chi connectivity index (χ0) is 22.2. The number of hydrogen-bond acceptors (Lipinski definition) is 3. The lowest BCUT2D eigenvalue weighted by Gasteiger charge is -2.44. The molecule has 4 nitrogen and oxygen atoms in total. The van der Waals surface area contributed by atoms with Crippen LogP contribution in [0.15, 0.2) is 48.5 Å². The Morgan fingerprint density at radius 2 is 1.42 bits per heavy atom. The van der Waals surface area contributed by atoms with Crippen LogP contribution in [0.2, 0.25) is 5.02 Å². The number of hydrogen-bond donors (Lipinski definition) is 0. The summed E-state index contributed by atoms with van der Waals surface area (Å²) >= 11 is 7.65. The van der Waals surface area contributed by atoms with Crippen LogP contribution in [0.3, 0.4) is 0 Å². The van der Waals surface area contributed by atoms with Crippen molar-refractivity contribution in [2.24, 2.45) is 0 Å². The summed E-state index contributed by atoms with van der Waals surface area (Å²) in [7, 11) is 0. The molecule has 164 valence electrons. The highest BCUT2D eigenvalue weighted by molar-refractivity contribution is 8.00. The lowest BCUT2D eigenvalue weighted by molar-refractivity contribution is -0.137. The summed E-state index contributed by atoms with van der Waals surface area (Å²) in [5, 5.41) is 0.567. The molecule has 2 fully saturated rings. The fourth-order valence-corrected chi connectivity index (χ4v) is 5.68. The number of likely N-dealkylation sites (tertiary alicyclic amines) is 1. The fourth-order valence-electron chi connectivity index (χ4n) is 4.10. The number of carbonyl (C=O) groups excluding carboxylic acids is 2. The Labute approximate surface area is 187 Å². The highest BCUT2D eigenvalue weighted by Gasteiger charge is 2.47. The van der Waals surface area contributed by atoms with Gasteiger partial charge in [-0.3, -0.25) is 9.59 Å². The van der Waals surface area contributed by atoms with Crippen molar-refractivity contribution < 1.29 is 22.8 Å². The molecule has 1 spiro atoms. The van der Waals surface area contributed by atoms with Gasteiger partial charge in [0, 0.05) is 41.5 Å². The summed E-state index contributed by atoms with van der Waals surface area (Å²) in [4.78, 5) is 29.0. The van der Waals surface area contributed by atoms with Gasteiger partial charge in [0.25, 0.3) is 11.8 Å². The van der Waals surface area contributed by atoms with Gasteiger partial charge in [-0.25, -0.2) is 0 Å². The number of carbonyl (C=O) groups is 2. The van der Waals surface area contributed by atoms with E-state index in [1.165, 1.54) is 12.1 Å². The van der Waals surface area contributed by atoms with Gasteiger partial charge < -0.3 is 9.80 Å². The van der Waals surface area contributed by atoms with Gasteiger partial charge in [-0.15, -0.1) is 11.8 Å².